The van der Waals surface area contributed by atoms with Crippen LogP contribution in [-0.4, -0.2) is 11.1 Å². The van der Waals surface area contributed by atoms with Gasteiger partial charge in [0.25, 0.3) is 0 Å². The van der Waals surface area contributed by atoms with E-state index in [0.29, 0.717) is 0 Å². The quantitative estimate of drug-likeness (QED) is 0.850. The maximum absolute atomic E-state index is 10.8. The molecule has 0 aliphatic heterocycles. The number of benzene rings is 1. The Labute approximate surface area is 91.1 Å². The van der Waals surface area contributed by atoms with E-state index >= 15 is 0 Å². The molecule has 70 valence electrons. The van der Waals surface area contributed by atoms with E-state index in [-0.39, 0.29) is 0 Å². The maximum atomic E-state index is 10.8. The lowest BCUT2D eigenvalue weighted by Gasteiger charge is -2.10. The van der Waals surface area contributed by atoms with Gasteiger partial charge >= 0.3 is 5.97 Å². The normalized spacial score (nSPS) is 12.5. The molecule has 0 amide bonds. The Hall–Kier alpha value is -0.580. The van der Waals surface area contributed by atoms with Crippen molar-refractivity contribution in [3.05, 3.63) is 32.9 Å². The van der Waals surface area contributed by atoms with Gasteiger partial charge in [0.05, 0.1) is 5.92 Å². The first-order valence-electron chi connectivity index (χ1n) is 4.02. The summed E-state index contributed by atoms with van der Waals surface area (Å²) < 4.78 is 1.11. The lowest BCUT2D eigenvalue weighted by molar-refractivity contribution is -0.138. The summed E-state index contributed by atoms with van der Waals surface area (Å²) in [6.07, 6.45) is 0. The van der Waals surface area contributed by atoms with Gasteiger partial charge in [-0.15, -0.1) is 0 Å². The summed E-state index contributed by atoms with van der Waals surface area (Å²) in [7, 11) is 0. The number of halogens is 1. The van der Waals surface area contributed by atoms with Crippen LogP contribution in [0.4, 0.5) is 0 Å². The minimum absolute atomic E-state index is 0.422. The summed E-state index contributed by atoms with van der Waals surface area (Å²) in [4.78, 5) is 10.8. The van der Waals surface area contributed by atoms with Crippen molar-refractivity contribution >= 4 is 28.6 Å². The molecule has 0 radical (unpaired) electrons. The molecule has 0 fully saturated rings. The first kappa shape index (κ1) is 10.5. The summed E-state index contributed by atoms with van der Waals surface area (Å²) in [5.74, 6) is -1.19. The van der Waals surface area contributed by atoms with E-state index in [1.54, 1.807) is 6.92 Å². The van der Waals surface area contributed by atoms with Crippen LogP contribution in [0.5, 0.6) is 0 Å². The van der Waals surface area contributed by atoms with Gasteiger partial charge in [-0.05, 0) is 53.6 Å². The molecular weight excluding hydrogens is 279 g/mol. The van der Waals surface area contributed by atoms with Crippen molar-refractivity contribution in [2.75, 3.05) is 0 Å². The molecule has 1 atom stereocenters. The van der Waals surface area contributed by atoms with Gasteiger partial charge in [0, 0.05) is 3.57 Å². The topological polar surface area (TPSA) is 37.3 Å². The van der Waals surface area contributed by atoms with Crippen LogP contribution in [0, 0.1) is 10.5 Å². The largest absolute Gasteiger partial charge is 0.481 e. The molecular formula is C10H11IO2. The van der Waals surface area contributed by atoms with Crippen LogP contribution < -0.4 is 0 Å². The second kappa shape index (κ2) is 4.09. The van der Waals surface area contributed by atoms with Crippen LogP contribution in [0.2, 0.25) is 0 Å². The Morgan fingerprint density at radius 2 is 2.15 bits per heavy atom. The number of carbonyl (C=O) groups is 1. The fourth-order valence-corrected chi connectivity index (χ4v) is 1.75. The molecule has 13 heavy (non-hydrogen) atoms. The molecule has 0 bridgehead atoms. The highest BCUT2D eigenvalue weighted by Gasteiger charge is 2.16. The molecule has 1 aromatic carbocycles. The fourth-order valence-electron chi connectivity index (χ4n) is 1.23. The molecule has 0 saturated heterocycles. The third kappa shape index (κ3) is 2.21. The molecule has 0 aromatic heterocycles. The number of carboxylic acid groups (broad SMARTS) is 1. The van der Waals surface area contributed by atoms with Crippen LogP contribution in [0.15, 0.2) is 18.2 Å². The number of rotatable bonds is 2. The van der Waals surface area contributed by atoms with Gasteiger partial charge in [0.2, 0.25) is 0 Å². The molecule has 1 aromatic rings. The van der Waals surface area contributed by atoms with Gasteiger partial charge in [-0.25, -0.2) is 0 Å². The van der Waals surface area contributed by atoms with Gasteiger partial charge in [-0.1, -0.05) is 12.1 Å². The van der Waals surface area contributed by atoms with Gasteiger partial charge in [0.1, 0.15) is 0 Å². The van der Waals surface area contributed by atoms with E-state index in [1.165, 1.54) is 0 Å². The highest BCUT2D eigenvalue weighted by atomic mass is 127. The van der Waals surface area contributed by atoms with E-state index in [1.807, 2.05) is 25.1 Å². The van der Waals surface area contributed by atoms with Crippen molar-refractivity contribution in [3.63, 3.8) is 0 Å². The van der Waals surface area contributed by atoms with Crippen LogP contribution in [-0.2, 0) is 4.79 Å². The summed E-state index contributed by atoms with van der Waals surface area (Å²) >= 11 is 2.21. The van der Waals surface area contributed by atoms with Gasteiger partial charge in [-0.2, -0.15) is 0 Å². The van der Waals surface area contributed by atoms with Crippen LogP contribution >= 0.6 is 22.6 Å². The highest BCUT2D eigenvalue weighted by molar-refractivity contribution is 14.1. The molecule has 1 N–H and O–H groups in total. The lowest BCUT2D eigenvalue weighted by Crippen LogP contribution is -2.09. The van der Waals surface area contributed by atoms with Crippen LogP contribution in [0.25, 0.3) is 0 Å². The fraction of sp³-hybridized carbons (Fsp3) is 0.300. The molecule has 0 aliphatic rings. The number of hydrogen-bond acceptors (Lipinski definition) is 1. The third-order valence-corrected chi connectivity index (χ3v) is 3.32. The highest BCUT2D eigenvalue weighted by Crippen LogP contribution is 2.23. The summed E-state index contributed by atoms with van der Waals surface area (Å²) in [5, 5.41) is 8.85. The van der Waals surface area contributed by atoms with Crippen molar-refractivity contribution in [1.82, 2.24) is 0 Å². The molecule has 0 heterocycles. The molecule has 2 nitrogen and oxygen atoms in total. The Kier molecular flexibility index (Phi) is 3.30. The van der Waals surface area contributed by atoms with E-state index in [4.69, 9.17) is 5.11 Å². The summed E-state index contributed by atoms with van der Waals surface area (Å²) in [5.41, 5.74) is 1.97. The second-order valence-electron chi connectivity index (χ2n) is 3.01. The standard InChI is InChI=1S/C10H11IO2/c1-6-8(7(2)10(12)13)4-3-5-9(6)11/h3-5,7H,1-2H3,(H,12,13). The SMILES string of the molecule is Cc1c(I)cccc1C(C)C(=O)O. The summed E-state index contributed by atoms with van der Waals surface area (Å²) in [6, 6.07) is 5.74. The first-order chi connectivity index (χ1) is 6.04. The van der Waals surface area contributed by atoms with Gasteiger partial charge in [-0.3, -0.25) is 4.79 Å². The van der Waals surface area contributed by atoms with E-state index in [9.17, 15) is 4.79 Å². The Morgan fingerprint density at radius 3 is 2.69 bits per heavy atom. The van der Waals surface area contributed by atoms with Crippen molar-refractivity contribution in [1.29, 1.82) is 0 Å². The maximum Gasteiger partial charge on any atom is 0.310 e. The van der Waals surface area contributed by atoms with Crippen molar-refractivity contribution in [2.45, 2.75) is 19.8 Å². The third-order valence-electron chi connectivity index (χ3n) is 2.15. The zero-order valence-electron chi connectivity index (χ0n) is 7.54. The smallest absolute Gasteiger partial charge is 0.310 e. The van der Waals surface area contributed by atoms with E-state index in [2.05, 4.69) is 22.6 Å². The van der Waals surface area contributed by atoms with Crippen molar-refractivity contribution in [2.24, 2.45) is 0 Å². The zero-order valence-corrected chi connectivity index (χ0v) is 9.70. The average molecular weight is 290 g/mol. The molecule has 0 saturated carbocycles. The van der Waals surface area contributed by atoms with Gasteiger partial charge in [0.15, 0.2) is 0 Å². The number of aliphatic carboxylic acids is 1. The van der Waals surface area contributed by atoms with E-state index < -0.39 is 11.9 Å². The Morgan fingerprint density at radius 1 is 1.54 bits per heavy atom. The van der Waals surface area contributed by atoms with Crippen molar-refractivity contribution < 1.29 is 9.90 Å². The van der Waals surface area contributed by atoms with Gasteiger partial charge < -0.3 is 5.11 Å². The summed E-state index contributed by atoms with van der Waals surface area (Å²) in [6.45, 7) is 3.66. The minimum atomic E-state index is -0.773. The Bertz CT molecular complexity index is 334. The number of hydrogen-bond donors (Lipinski definition) is 1. The minimum Gasteiger partial charge on any atom is -0.481 e. The Balaban J connectivity index is 3.15. The molecule has 1 unspecified atom stereocenters. The molecule has 1 rings (SSSR count). The average Bonchev–Trinajstić information content (AvgIpc) is 2.08. The molecule has 0 spiro atoms. The van der Waals surface area contributed by atoms with Crippen LogP contribution in [0.3, 0.4) is 0 Å². The first-order valence-corrected chi connectivity index (χ1v) is 5.09. The predicted molar refractivity (Wildman–Crippen MR) is 59.9 cm³/mol. The monoisotopic (exact) mass is 290 g/mol. The molecule has 0 aliphatic carbocycles. The van der Waals surface area contributed by atoms with Crippen molar-refractivity contribution in [3.8, 4) is 0 Å². The lowest BCUT2D eigenvalue weighted by atomic mass is 9.97. The van der Waals surface area contributed by atoms with E-state index in [0.717, 1.165) is 14.7 Å². The van der Waals surface area contributed by atoms with Crippen LogP contribution in [0.1, 0.15) is 24.0 Å². The predicted octanol–water partition coefficient (Wildman–Crippen LogP) is 2.79. The molecule has 3 heteroatoms. The second-order valence-corrected chi connectivity index (χ2v) is 4.18. The number of carboxylic acids is 1. The zero-order chi connectivity index (χ0) is 10.0.